The number of nitrogens with one attached hydrogen (secondary N) is 1. The van der Waals surface area contributed by atoms with Gasteiger partial charge in [0.1, 0.15) is 31.4 Å². The van der Waals surface area contributed by atoms with E-state index in [0.29, 0.717) is 18.0 Å². The number of carbonyl (C=O) groups excluding carboxylic acids is 1. The van der Waals surface area contributed by atoms with Crippen molar-refractivity contribution in [2.24, 2.45) is 0 Å². The van der Waals surface area contributed by atoms with Crippen LogP contribution in [0.3, 0.4) is 0 Å². The first-order chi connectivity index (χ1) is 14.0. The molecule has 0 spiro atoms. The van der Waals surface area contributed by atoms with E-state index in [4.69, 9.17) is 9.47 Å². The van der Waals surface area contributed by atoms with Crippen LogP contribution in [0, 0.1) is 17.0 Å². The van der Waals surface area contributed by atoms with Crippen LogP contribution in [0.5, 0.6) is 5.75 Å². The normalized spacial score (nSPS) is 10.4. The highest BCUT2D eigenvalue weighted by Crippen LogP contribution is 2.23. The van der Waals surface area contributed by atoms with Crippen molar-refractivity contribution in [2.45, 2.75) is 13.5 Å². The number of aromatic nitrogens is 2. The molecule has 3 aromatic rings. The van der Waals surface area contributed by atoms with E-state index >= 15 is 0 Å². The van der Waals surface area contributed by atoms with Crippen LogP contribution in [0.2, 0.25) is 0 Å². The number of hydrogen-bond acceptors (Lipinski definition) is 6. The molecule has 1 amide bonds. The first-order valence-electron chi connectivity index (χ1n) is 8.90. The Kier molecular flexibility index (Phi) is 6.41. The predicted octanol–water partition coefficient (Wildman–Crippen LogP) is 3.78. The molecule has 0 saturated carbocycles. The van der Waals surface area contributed by atoms with Gasteiger partial charge in [-0.05, 0) is 41.2 Å². The fraction of sp³-hybridized carbons (Fsp3) is 0.200. The number of amides is 1. The molecule has 1 aromatic heterocycles. The quantitative estimate of drug-likeness (QED) is 0.353. The average Bonchev–Trinajstić information content (AvgIpc) is 3.17. The smallest absolute Gasteiger partial charge is 0.434 e. The summed E-state index contributed by atoms with van der Waals surface area (Å²) < 4.78 is 12.3. The number of nitrogens with zero attached hydrogens (tertiary/aromatic N) is 3. The van der Waals surface area contributed by atoms with Crippen LogP contribution in [0.25, 0.3) is 0 Å². The SMILES string of the molecule is Cc1c(Cn2ccnc2[N+](=O)[O-])cccc1OCCOC(=O)Nc1ccccc1. The number of anilines is 1. The Hall–Kier alpha value is -3.88. The van der Waals surface area contributed by atoms with E-state index in [0.717, 1.165) is 11.1 Å². The number of nitro groups is 1. The number of ether oxygens (including phenoxy) is 2. The Morgan fingerprint density at radius 2 is 1.97 bits per heavy atom. The minimum absolute atomic E-state index is 0.0787. The van der Waals surface area contributed by atoms with Gasteiger partial charge >= 0.3 is 12.0 Å². The fourth-order valence-corrected chi connectivity index (χ4v) is 2.73. The second-order valence-corrected chi connectivity index (χ2v) is 6.13. The van der Waals surface area contributed by atoms with E-state index in [1.165, 1.54) is 10.8 Å². The van der Waals surface area contributed by atoms with Gasteiger partial charge in [0.05, 0.1) is 6.54 Å². The van der Waals surface area contributed by atoms with E-state index in [1.807, 2.05) is 37.3 Å². The molecule has 2 aromatic carbocycles. The monoisotopic (exact) mass is 396 g/mol. The zero-order chi connectivity index (χ0) is 20.6. The molecular formula is C20H20N4O5. The maximum Gasteiger partial charge on any atom is 0.434 e. The number of rotatable bonds is 8. The first kappa shape index (κ1) is 19.9. The Labute approximate surface area is 167 Å². The van der Waals surface area contributed by atoms with Crippen LogP contribution in [0.15, 0.2) is 60.9 Å². The minimum atomic E-state index is -0.558. The Bertz CT molecular complexity index is 988. The molecule has 0 aliphatic heterocycles. The molecule has 1 N–H and O–H groups in total. The lowest BCUT2D eigenvalue weighted by molar-refractivity contribution is -0.396. The molecule has 9 heteroatoms. The van der Waals surface area contributed by atoms with E-state index in [-0.39, 0.29) is 19.2 Å². The van der Waals surface area contributed by atoms with Gasteiger partial charge in [0, 0.05) is 5.69 Å². The van der Waals surface area contributed by atoms with Gasteiger partial charge in [-0.15, -0.1) is 0 Å². The van der Waals surface area contributed by atoms with E-state index in [2.05, 4.69) is 10.3 Å². The van der Waals surface area contributed by atoms with Gasteiger partial charge in [0.2, 0.25) is 0 Å². The summed E-state index contributed by atoms with van der Waals surface area (Å²) in [5, 5.41) is 13.6. The fourth-order valence-electron chi connectivity index (χ4n) is 2.73. The molecule has 0 aliphatic carbocycles. The molecule has 0 unspecified atom stereocenters. The number of para-hydroxylation sites is 1. The van der Waals surface area contributed by atoms with Crippen molar-refractivity contribution in [2.75, 3.05) is 18.5 Å². The molecular weight excluding hydrogens is 376 g/mol. The summed E-state index contributed by atoms with van der Waals surface area (Å²) in [6.07, 6.45) is 2.40. The molecule has 1 heterocycles. The summed E-state index contributed by atoms with van der Waals surface area (Å²) in [5.74, 6) is 0.408. The molecule has 0 fully saturated rings. The standard InChI is InChI=1S/C20H20N4O5/c1-15-16(14-23-11-10-21-19(23)24(26)27)6-5-9-18(15)28-12-13-29-20(25)22-17-7-3-2-4-8-17/h2-11H,12-14H2,1H3,(H,22,25). The topological polar surface area (TPSA) is 109 Å². The van der Waals surface area contributed by atoms with Crippen LogP contribution in [-0.4, -0.2) is 33.8 Å². The average molecular weight is 396 g/mol. The molecule has 0 aliphatic rings. The zero-order valence-electron chi connectivity index (χ0n) is 15.8. The molecule has 0 saturated heterocycles. The Balaban J connectivity index is 1.52. The lowest BCUT2D eigenvalue weighted by Gasteiger charge is -2.13. The van der Waals surface area contributed by atoms with Crippen molar-refractivity contribution in [1.82, 2.24) is 9.55 Å². The van der Waals surface area contributed by atoms with Crippen molar-refractivity contribution in [3.05, 3.63) is 82.2 Å². The number of imidazole rings is 1. The number of benzene rings is 2. The van der Waals surface area contributed by atoms with Crippen molar-refractivity contribution in [3.63, 3.8) is 0 Å². The highest BCUT2D eigenvalue weighted by Gasteiger charge is 2.16. The van der Waals surface area contributed by atoms with Gasteiger partial charge in [-0.3, -0.25) is 5.32 Å². The van der Waals surface area contributed by atoms with Crippen molar-refractivity contribution < 1.29 is 19.2 Å². The molecule has 29 heavy (non-hydrogen) atoms. The molecule has 150 valence electrons. The lowest BCUT2D eigenvalue weighted by atomic mass is 10.1. The van der Waals surface area contributed by atoms with Crippen molar-refractivity contribution in [1.29, 1.82) is 0 Å². The molecule has 0 atom stereocenters. The van der Waals surface area contributed by atoms with Crippen LogP contribution in [0.1, 0.15) is 11.1 Å². The van der Waals surface area contributed by atoms with Gasteiger partial charge in [0.25, 0.3) is 0 Å². The largest absolute Gasteiger partial charge is 0.490 e. The second kappa shape index (κ2) is 9.36. The molecule has 9 nitrogen and oxygen atoms in total. The number of carbonyl (C=O) groups is 1. The Morgan fingerprint density at radius 3 is 2.72 bits per heavy atom. The van der Waals surface area contributed by atoms with Crippen LogP contribution in [0.4, 0.5) is 16.4 Å². The third-order valence-corrected chi connectivity index (χ3v) is 4.19. The van der Waals surface area contributed by atoms with Crippen LogP contribution in [-0.2, 0) is 11.3 Å². The van der Waals surface area contributed by atoms with Gasteiger partial charge in [0.15, 0.2) is 0 Å². The first-order valence-corrected chi connectivity index (χ1v) is 8.90. The van der Waals surface area contributed by atoms with Gasteiger partial charge in [-0.2, -0.15) is 0 Å². The summed E-state index contributed by atoms with van der Waals surface area (Å²) in [5.41, 5.74) is 2.37. The minimum Gasteiger partial charge on any atom is -0.490 e. The van der Waals surface area contributed by atoms with Crippen molar-refractivity contribution in [3.8, 4) is 5.75 Å². The summed E-state index contributed by atoms with van der Waals surface area (Å²) in [4.78, 5) is 26.0. The maximum atomic E-state index is 11.8. The lowest BCUT2D eigenvalue weighted by Crippen LogP contribution is -2.17. The third kappa shape index (κ3) is 5.32. The van der Waals surface area contributed by atoms with E-state index < -0.39 is 11.0 Å². The Morgan fingerprint density at radius 1 is 1.17 bits per heavy atom. The molecule has 0 radical (unpaired) electrons. The van der Waals surface area contributed by atoms with Gasteiger partial charge < -0.3 is 19.6 Å². The summed E-state index contributed by atoms with van der Waals surface area (Å²) >= 11 is 0. The highest BCUT2D eigenvalue weighted by atomic mass is 16.6. The second-order valence-electron chi connectivity index (χ2n) is 6.13. The summed E-state index contributed by atoms with van der Waals surface area (Å²) in [7, 11) is 0. The van der Waals surface area contributed by atoms with Gasteiger partial charge in [-0.25, -0.2) is 9.36 Å². The van der Waals surface area contributed by atoms with Crippen LogP contribution >= 0.6 is 0 Å². The van der Waals surface area contributed by atoms with E-state index in [1.54, 1.807) is 24.4 Å². The third-order valence-electron chi connectivity index (χ3n) is 4.19. The van der Waals surface area contributed by atoms with Crippen LogP contribution < -0.4 is 10.1 Å². The van der Waals surface area contributed by atoms with Crippen molar-refractivity contribution >= 4 is 17.7 Å². The number of hydrogen-bond donors (Lipinski definition) is 1. The summed E-state index contributed by atoms with van der Waals surface area (Å²) in [6, 6.07) is 14.5. The molecule has 0 bridgehead atoms. The highest BCUT2D eigenvalue weighted by molar-refractivity contribution is 5.84. The maximum absolute atomic E-state index is 11.8. The van der Waals surface area contributed by atoms with E-state index in [9.17, 15) is 14.9 Å². The molecule has 3 rings (SSSR count). The zero-order valence-corrected chi connectivity index (χ0v) is 15.8. The summed E-state index contributed by atoms with van der Waals surface area (Å²) in [6.45, 7) is 2.43. The van der Waals surface area contributed by atoms with Gasteiger partial charge in [-0.1, -0.05) is 35.3 Å². The predicted molar refractivity (Wildman–Crippen MR) is 106 cm³/mol.